The van der Waals surface area contributed by atoms with Crippen molar-refractivity contribution in [3.8, 4) is 0 Å². The van der Waals surface area contributed by atoms with E-state index in [2.05, 4.69) is 59.8 Å². The molecule has 3 nitrogen and oxygen atoms in total. The van der Waals surface area contributed by atoms with Gasteiger partial charge in [0, 0.05) is 18.9 Å². The van der Waals surface area contributed by atoms with Crippen LogP contribution in [0, 0.1) is 46.3 Å². The van der Waals surface area contributed by atoms with Gasteiger partial charge in [0.25, 0.3) is 0 Å². The molecule has 4 aliphatic carbocycles. The second kappa shape index (κ2) is 8.54. The van der Waals surface area contributed by atoms with Crippen LogP contribution in [0.3, 0.4) is 0 Å². The van der Waals surface area contributed by atoms with Crippen LogP contribution in [0.4, 0.5) is 0 Å². The Labute approximate surface area is 196 Å². The predicted octanol–water partition coefficient (Wildman–Crippen LogP) is 6.15. The molecule has 4 rings (SSSR count). The Morgan fingerprint density at radius 2 is 1.72 bits per heavy atom. The van der Waals surface area contributed by atoms with Crippen LogP contribution in [0.2, 0.25) is 0 Å². The molecule has 2 N–H and O–H groups in total. The van der Waals surface area contributed by atoms with Crippen molar-refractivity contribution in [3.05, 3.63) is 23.8 Å². The normalized spacial score (nSPS) is 48.2. The van der Waals surface area contributed by atoms with E-state index < -0.39 is 11.7 Å². The summed E-state index contributed by atoms with van der Waals surface area (Å²) in [7, 11) is 1.73. The fraction of sp³-hybridized carbons (Fsp3) is 0.862. The Bertz CT molecular complexity index is 756. The Hall–Kier alpha value is -0.640. The molecule has 182 valence electrons. The van der Waals surface area contributed by atoms with Gasteiger partial charge in [0.1, 0.15) is 11.7 Å². The first-order valence-corrected chi connectivity index (χ1v) is 13.3. The van der Waals surface area contributed by atoms with E-state index in [0.717, 1.165) is 19.3 Å². The molecule has 0 aliphatic heterocycles. The zero-order valence-corrected chi connectivity index (χ0v) is 21.6. The van der Waals surface area contributed by atoms with Crippen molar-refractivity contribution in [2.45, 2.75) is 104 Å². The molecule has 0 heterocycles. The van der Waals surface area contributed by atoms with E-state index in [1.807, 2.05) is 0 Å². The summed E-state index contributed by atoms with van der Waals surface area (Å²) in [5.41, 5.74) is 0.714. The van der Waals surface area contributed by atoms with E-state index in [-0.39, 0.29) is 11.5 Å². The van der Waals surface area contributed by atoms with Crippen molar-refractivity contribution in [1.29, 1.82) is 0 Å². The van der Waals surface area contributed by atoms with Gasteiger partial charge in [-0.15, -0.1) is 0 Å². The molecule has 0 bridgehead atoms. The van der Waals surface area contributed by atoms with Crippen LogP contribution in [0.25, 0.3) is 0 Å². The maximum atomic E-state index is 11.9. The highest BCUT2D eigenvalue weighted by atomic mass is 16.5. The minimum atomic E-state index is -0.970. The van der Waals surface area contributed by atoms with E-state index in [1.54, 1.807) is 12.7 Å². The second-order valence-electron chi connectivity index (χ2n) is 12.7. The molecule has 1 unspecified atom stereocenters. The van der Waals surface area contributed by atoms with E-state index in [4.69, 9.17) is 4.74 Å². The number of hydrogen-bond donors (Lipinski definition) is 2. The smallest absolute Gasteiger partial charge is 0.105 e. The molecule has 0 amide bonds. The van der Waals surface area contributed by atoms with Gasteiger partial charge in [0.15, 0.2) is 0 Å². The maximum Gasteiger partial charge on any atom is 0.105 e. The summed E-state index contributed by atoms with van der Waals surface area (Å²) in [6.45, 7) is 14.2. The van der Waals surface area contributed by atoms with E-state index in [1.165, 1.54) is 19.3 Å². The average Bonchev–Trinajstić information content (AvgIpc) is 3.09. The lowest BCUT2D eigenvalue weighted by atomic mass is 9.45. The van der Waals surface area contributed by atoms with Crippen molar-refractivity contribution in [3.63, 3.8) is 0 Å². The van der Waals surface area contributed by atoms with Gasteiger partial charge in [0.2, 0.25) is 0 Å². The zero-order valence-electron chi connectivity index (χ0n) is 21.6. The van der Waals surface area contributed by atoms with Crippen LogP contribution in [0.5, 0.6) is 0 Å². The topological polar surface area (TPSA) is 49.7 Å². The Balaban J connectivity index is 1.64. The quantitative estimate of drug-likeness (QED) is 0.500. The van der Waals surface area contributed by atoms with Crippen molar-refractivity contribution in [2.24, 2.45) is 46.3 Å². The third-order valence-corrected chi connectivity index (χ3v) is 11.0. The number of aliphatic hydroxyl groups excluding tert-OH is 1. The van der Waals surface area contributed by atoms with Gasteiger partial charge in [-0.2, -0.15) is 0 Å². The van der Waals surface area contributed by atoms with Crippen LogP contribution in [0.15, 0.2) is 23.8 Å². The highest BCUT2D eigenvalue weighted by molar-refractivity contribution is 5.33. The molecule has 3 heteroatoms. The molecule has 3 fully saturated rings. The summed E-state index contributed by atoms with van der Waals surface area (Å²) in [5, 5.41) is 22.3. The molecule has 0 aromatic heterocycles. The van der Waals surface area contributed by atoms with Gasteiger partial charge < -0.3 is 14.9 Å². The third-order valence-electron chi connectivity index (χ3n) is 11.0. The van der Waals surface area contributed by atoms with Crippen molar-refractivity contribution in [2.75, 3.05) is 7.11 Å². The number of rotatable bonds is 5. The van der Waals surface area contributed by atoms with Crippen LogP contribution in [-0.2, 0) is 4.74 Å². The molecule has 0 saturated heterocycles. The van der Waals surface area contributed by atoms with Crippen molar-refractivity contribution < 1.29 is 14.9 Å². The lowest BCUT2D eigenvalue weighted by Crippen LogP contribution is -2.65. The molecule has 32 heavy (non-hydrogen) atoms. The number of aliphatic hydroxyl groups is 2. The zero-order chi connectivity index (χ0) is 23.5. The Kier molecular flexibility index (Phi) is 6.53. The maximum absolute atomic E-state index is 11.9. The Morgan fingerprint density at radius 1 is 1.00 bits per heavy atom. The molecule has 3 saturated carbocycles. The molecule has 4 aliphatic rings. The summed E-state index contributed by atoms with van der Waals surface area (Å²) in [6.07, 6.45) is 13.6. The molecule has 0 aromatic rings. The average molecular weight is 445 g/mol. The van der Waals surface area contributed by atoms with Crippen molar-refractivity contribution >= 4 is 0 Å². The van der Waals surface area contributed by atoms with Crippen LogP contribution < -0.4 is 0 Å². The van der Waals surface area contributed by atoms with Gasteiger partial charge >= 0.3 is 0 Å². The Morgan fingerprint density at radius 3 is 2.38 bits per heavy atom. The van der Waals surface area contributed by atoms with Crippen LogP contribution in [-0.4, -0.2) is 35.1 Å². The molecule has 0 spiro atoms. The molecule has 0 radical (unpaired) electrons. The van der Waals surface area contributed by atoms with Crippen molar-refractivity contribution in [1.82, 2.24) is 0 Å². The minimum absolute atomic E-state index is 0.214. The summed E-state index contributed by atoms with van der Waals surface area (Å²) < 4.78 is 5.92. The fourth-order valence-corrected chi connectivity index (χ4v) is 8.40. The third kappa shape index (κ3) is 3.57. The van der Waals surface area contributed by atoms with Crippen LogP contribution >= 0.6 is 0 Å². The number of ether oxygens (including phenoxy) is 1. The summed E-state index contributed by atoms with van der Waals surface area (Å²) in [6, 6.07) is 0. The summed E-state index contributed by atoms with van der Waals surface area (Å²) in [5.74, 6) is 3.63. The first-order chi connectivity index (χ1) is 15.0. The molecule has 10 atom stereocenters. The van der Waals surface area contributed by atoms with E-state index >= 15 is 0 Å². The van der Waals surface area contributed by atoms with Gasteiger partial charge in [-0.3, -0.25) is 0 Å². The number of methoxy groups -OCH3 is 1. The van der Waals surface area contributed by atoms with E-state index in [0.29, 0.717) is 47.3 Å². The summed E-state index contributed by atoms with van der Waals surface area (Å²) >= 11 is 0. The minimum Gasteiger partial charge on any atom is -0.393 e. The number of fused-ring (bicyclic) bond motifs is 5. The van der Waals surface area contributed by atoms with Gasteiger partial charge in [0.05, 0.1) is 6.10 Å². The lowest BCUT2D eigenvalue weighted by Gasteiger charge is -2.62. The molecular formula is C29H48O3. The van der Waals surface area contributed by atoms with Crippen LogP contribution in [0.1, 0.15) is 86.5 Å². The first kappa shape index (κ1) is 24.5. The van der Waals surface area contributed by atoms with Gasteiger partial charge in [-0.1, -0.05) is 65.3 Å². The monoisotopic (exact) mass is 444 g/mol. The SMILES string of the molecule is CO[C@@H]1C=C2[C@@H]3CC[C@H]([C@H](C)/C=C/C(C)C(C)C)[C@@]3(C)CC[C@@H]2[C@@]2(C)CC[C@H](O)C[C@]12O. The van der Waals surface area contributed by atoms with Gasteiger partial charge in [-0.05, 0) is 79.4 Å². The fourth-order valence-electron chi connectivity index (χ4n) is 8.40. The van der Waals surface area contributed by atoms with E-state index in [9.17, 15) is 10.2 Å². The second-order valence-corrected chi connectivity index (χ2v) is 12.7. The summed E-state index contributed by atoms with van der Waals surface area (Å²) in [4.78, 5) is 0. The molecule has 0 aromatic carbocycles. The predicted molar refractivity (Wildman–Crippen MR) is 131 cm³/mol. The highest BCUT2D eigenvalue weighted by Crippen LogP contribution is 2.67. The van der Waals surface area contributed by atoms with Gasteiger partial charge in [-0.25, -0.2) is 0 Å². The highest BCUT2D eigenvalue weighted by Gasteiger charge is 2.65. The first-order valence-electron chi connectivity index (χ1n) is 13.3. The standard InChI is InChI=1S/C29H48O3/c1-18(2)19(3)8-9-20(4)23-10-11-24-22-16-26(32-7)29(31)17-21(30)12-15-28(29,6)25(22)13-14-27(23,24)5/h8-9,16,18-21,23-26,30-31H,10-15,17H2,1-7H3/b9-8+/t19?,20-,21+,23-,24+,25+,26-,27-,28-,29+/m1/s1. The largest absolute Gasteiger partial charge is 0.393 e. The molecular weight excluding hydrogens is 396 g/mol. The lowest BCUT2D eigenvalue weighted by molar-refractivity contribution is -0.216. The number of allylic oxidation sites excluding steroid dienone is 3. The number of hydrogen-bond acceptors (Lipinski definition) is 3.